The molecule has 0 radical (unpaired) electrons. The fourth-order valence-corrected chi connectivity index (χ4v) is 4.34. The van der Waals surface area contributed by atoms with Gasteiger partial charge in [0.15, 0.2) is 17.0 Å². The van der Waals surface area contributed by atoms with Crippen LogP contribution in [0.3, 0.4) is 0 Å². The van der Waals surface area contributed by atoms with Crippen molar-refractivity contribution >= 4 is 17.0 Å². The Kier molecular flexibility index (Phi) is 4.85. The van der Waals surface area contributed by atoms with Gasteiger partial charge in [0.2, 0.25) is 0 Å². The van der Waals surface area contributed by atoms with E-state index in [1.807, 2.05) is 31.2 Å². The number of hydrogen-bond donors (Lipinski definition) is 0. The van der Waals surface area contributed by atoms with Crippen LogP contribution in [0.15, 0.2) is 24.3 Å². The first-order chi connectivity index (χ1) is 14.7. The number of ether oxygens (including phenoxy) is 1. The largest absolute Gasteiger partial charge is 0.379 e. The summed E-state index contributed by atoms with van der Waals surface area (Å²) in [5, 5.41) is 9.69. The van der Waals surface area contributed by atoms with Crippen LogP contribution >= 0.6 is 0 Å². The minimum Gasteiger partial charge on any atom is -0.379 e. The molecule has 2 aliphatic heterocycles. The Labute approximate surface area is 175 Å². The van der Waals surface area contributed by atoms with Crippen LogP contribution in [0.25, 0.3) is 22.6 Å². The number of rotatable bonds is 3. The molecule has 0 saturated carbocycles. The highest BCUT2D eigenvalue weighted by Gasteiger charge is 2.29. The standard InChI is InChI=1S/C22H25N7O/c1-15-24-21(28-10-8-27(2)9-11-28)19-22(25-15)29(17-7-12-30-14-17)20(26-19)18-6-4-3-5-16(18)13-23/h3-6,17H,7-12,14H2,1-2H3/t17-/m1/s1. The number of hydrogen-bond acceptors (Lipinski definition) is 7. The van der Waals surface area contributed by atoms with Gasteiger partial charge >= 0.3 is 0 Å². The van der Waals surface area contributed by atoms with Gasteiger partial charge in [0.25, 0.3) is 0 Å². The van der Waals surface area contributed by atoms with Crippen molar-refractivity contribution in [2.24, 2.45) is 0 Å². The molecule has 1 aromatic carbocycles. The molecule has 8 nitrogen and oxygen atoms in total. The molecule has 0 spiro atoms. The van der Waals surface area contributed by atoms with Gasteiger partial charge in [0.05, 0.1) is 24.3 Å². The highest BCUT2D eigenvalue weighted by atomic mass is 16.5. The lowest BCUT2D eigenvalue weighted by molar-refractivity contribution is 0.187. The lowest BCUT2D eigenvalue weighted by Crippen LogP contribution is -2.45. The zero-order chi connectivity index (χ0) is 20.7. The third-order valence-electron chi connectivity index (χ3n) is 6.00. The summed E-state index contributed by atoms with van der Waals surface area (Å²) in [6.45, 7) is 7.08. The predicted molar refractivity (Wildman–Crippen MR) is 114 cm³/mol. The lowest BCUT2D eigenvalue weighted by atomic mass is 10.1. The number of likely N-dealkylation sites (N-methyl/N-ethyl adjacent to an activating group) is 1. The Morgan fingerprint density at radius 3 is 2.63 bits per heavy atom. The molecule has 0 unspecified atom stereocenters. The maximum Gasteiger partial charge on any atom is 0.166 e. The maximum atomic E-state index is 9.69. The van der Waals surface area contributed by atoms with Gasteiger partial charge in [-0.25, -0.2) is 15.0 Å². The molecule has 2 aromatic heterocycles. The van der Waals surface area contributed by atoms with Gasteiger partial charge in [0.1, 0.15) is 11.6 Å². The van der Waals surface area contributed by atoms with Gasteiger partial charge in [-0.05, 0) is 32.5 Å². The van der Waals surface area contributed by atoms with E-state index in [1.165, 1.54) is 0 Å². The molecule has 0 bridgehead atoms. The summed E-state index contributed by atoms with van der Waals surface area (Å²) in [6, 6.07) is 10.1. The van der Waals surface area contributed by atoms with E-state index in [-0.39, 0.29) is 6.04 Å². The lowest BCUT2D eigenvalue weighted by Gasteiger charge is -2.33. The monoisotopic (exact) mass is 403 g/mol. The molecule has 2 aliphatic rings. The molecule has 2 fully saturated rings. The second kappa shape index (κ2) is 7.67. The van der Waals surface area contributed by atoms with E-state index >= 15 is 0 Å². The first kappa shape index (κ1) is 19.0. The van der Waals surface area contributed by atoms with Crippen molar-refractivity contribution in [3.05, 3.63) is 35.7 Å². The van der Waals surface area contributed by atoms with E-state index in [4.69, 9.17) is 19.7 Å². The molecular weight excluding hydrogens is 378 g/mol. The maximum absolute atomic E-state index is 9.69. The number of benzene rings is 1. The molecule has 4 heterocycles. The second-order valence-corrected chi connectivity index (χ2v) is 8.04. The minimum atomic E-state index is 0.145. The van der Waals surface area contributed by atoms with Gasteiger partial charge in [-0.3, -0.25) is 0 Å². The van der Waals surface area contributed by atoms with E-state index in [2.05, 4.69) is 27.5 Å². The molecule has 0 amide bonds. The number of fused-ring (bicyclic) bond motifs is 1. The molecule has 30 heavy (non-hydrogen) atoms. The highest BCUT2D eigenvalue weighted by molar-refractivity contribution is 5.88. The Balaban J connectivity index is 1.74. The predicted octanol–water partition coefficient (Wildman–Crippen LogP) is 2.39. The summed E-state index contributed by atoms with van der Waals surface area (Å²) in [5.74, 6) is 2.39. The molecule has 3 aromatic rings. The van der Waals surface area contributed by atoms with Crippen LogP contribution in [0.4, 0.5) is 5.82 Å². The number of piperazine rings is 1. The number of anilines is 1. The SMILES string of the molecule is Cc1nc(N2CCN(C)CC2)c2nc(-c3ccccc3C#N)n([C@@H]3CCOC3)c2n1. The van der Waals surface area contributed by atoms with Crippen LogP contribution in [0, 0.1) is 18.3 Å². The quantitative estimate of drug-likeness (QED) is 0.664. The van der Waals surface area contributed by atoms with Gasteiger partial charge < -0.3 is 19.1 Å². The summed E-state index contributed by atoms with van der Waals surface area (Å²) >= 11 is 0. The van der Waals surface area contributed by atoms with Gasteiger partial charge in [-0.15, -0.1) is 0 Å². The summed E-state index contributed by atoms with van der Waals surface area (Å²) in [7, 11) is 2.14. The molecule has 5 rings (SSSR count). The Bertz CT molecular complexity index is 1120. The number of aromatic nitrogens is 4. The number of imidazole rings is 1. The number of aryl methyl sites for hydroxylation is 1. The number of nitriles is 1. The van der Waals surface area contributed by atoms with Crippen LogP contribution in [0.5, 0.6) is 0 Å². The third-order valence-corrected chi connectivity index (χ3v) is 6.00. The van der Waals surface area contributed by atoms with Crippen molar-refractivity contribution in [1.29, 1.82) is 5.26 Å². The molecular formula is C22H25N7O. The molecule has 1 atom stereocenters. The second-order valence-electron chi connectivity index (χ2n) is 8.04. The fourth-order valence-electron chi connectivity index (χ4n) is 4.34. The zero-order valence-electron chi connectivity index (χ0n) is 17.4. The smallest absolute Gasteiger partial charge is 0.166 e. The normalized spacial score (nSPS) is 20.0. The van der Waals surface area contributed by atoms with Gasteiger partial charge in [-0.2, -0.15) is 5.26 Å². The van der Waals surface area contributed by atoms with Crippen molar-refractivity contribution in [3.63, 3.8) is 0 Å². The first-order valence-electron chi connectivity index (χ1n) is 10.4. The van der Waals surface area contributed by atoms with Crippen molar-refractivity contribution in [2.75, 3.05) is 51.3 Å². The fraction of sp³-hybridized carbons (Fsp3) is 0.455. The first-order valence-corrected chi connectivity index (χ1v) is 10.4. The number of nitrogens with zero attached hydrogens (tertiary/aromatic N) is 7. The Morgan fingerprint density at radius 2 is 1.90 bits per heavy atom. The van der Waals surface area contributed by atoms with Crippen LogP contribution in [0.2, 0.25) is 0 Å². The van der Waals surface area contributed by atoms with Crippen LogP contribution < -0.4 is 4.90 Å². The van der Waals surface area contributed by atoms with E-state index in [1.54, 1.807) is 0 Å². The van der Waals surface area contributed by atoms with Crippen molar-refractivity contribution in [3.8, 4) is 17.5 Å². The van der Waals surface area contributed by atoms with Crippen LogP contribution in [-0.4, -0.2) is 70.9 Å². The van der Waals surface area contributed by atoms with Crippen molar-refractivity contribution < 1.29 is 4.74 Å². The van der Waals surface area contributed by atoms with Crippen LogP contribution in [-0.2, 0) is 4.74 Å². The molecule has 154 valence electrons. The molecule has 0 N–H and O–H groups in total. The Morgan fingerprint density at radius 1 is 1.10 bits per heavy atom. The van der Waals surface area contributed by atoms with E-state index in [0.717, 1.165) is 73.4 Å². The summed E-state index contributed by atoms with van der Waals surface area (Å²) < 4.78 is 7.87. The summed E-state index contributed by atoms with van der Waals surface area (Å²) in [4.78, 5) is 19.3. The molecule has 8 heteroatoms. The van der Waals surface area contributed by atoms with E-state index in [9.17, 15) is 5.26 Å². The minimum absolute atomic E-state index is 0.145. The Hall–Kier alpha value is -3.02. The zero-order valence-corrected chi connectivity index (χ0v) is 17.4. The van der Waals surface area contributed by atoms with Gasteiger partial charge in [0, 0.05) is 38.3 Å². The molecule has 2 saturated heterocycles. The highest BCUT2D eigenvalue weighted by Crippen LogP contribution is 2.35. The average molecular weight is 403 g/mol. The van der Waals surface area contributed by atoms with Gasteiger partial charge in [-0.1, -0.05) is 12.1 Å². The van der Waals surface area contributed by atoms with Crippen molar-refractivity contribution in [2.45, 2.75) is 19.4 Å². The summed E-state index contributed by atoms with van der Waals surface area (Å²) in [5.41, 5.74) is 3.07. The van der Waals surface area contributed by atoms with E-state index in [0.29, 0.717) is 12.2 Å². The third kappa shape index (κ3) is 3.20. The average Bonchev–Trinajstić information content (AvgIpc) is 3.41. The van der Waals surface area contributed by atoms with Crippen LogP contribution in [0.1, 0.15) is 23.9 Å². The van der Waals surface area contributed by atoms with Crippen molar-refractivity contribution in [1.82, 2.24) is 24.4 Å². The van der Waals surface area contributed by atoms with E-state index < -0.39 is 0 Å². The topological polar surface area (TPSA) is 83.1 Å². The molecule has 0 aliphatic carbocycles. The summed E-state index contributed by atoms with van der Waals surface area (Å²) in [6.07, 6.45) is 0.903.